The van der Waals surface area contributed by atoms with E-state index in [1.54, 1.807) is 18.1 Å². The molecule has 1 heterocycles. The van der Waals surface area contributed by atoms with Crippen molar-refractivity contribution >= 4 is 6.09 Å². The predicted octanol–water partition coefficient (Wildman–Crippen LogP) is 1.93. The van der Waals surface area contributed by atoms with E-state index in [0.29, 0.717) is 24.6 Å². The fourth-order valence-corrected chi connectivity index (χ4v) is 2.19. The zero-order valence-corrected chi connectivity index (χ0v) is 11.4. The third kappa shape index (κ3) is 3.38. The van der Waals surface area contributed by atoms with Gasteiger partial charge < -0.3 is 20.1 Å². The number of nitrogens with two attached hydrogens (primary N) is 1. The van der Waals surface area contributed by atoms with Gasteiger partial charge in [0.15, 0.2) is 11.5 Å². The maximum atomic E-state index is 12.1. The van der Waals surface area contributed by atoms with E-state index in [-0.39, 0.29) is 12.1 Å². The molecule has 0 aliphatic carbocycles. The molecule has 1 unspecified atom stereocenters. The number of ether oxygens (including phenoxy) is 2. The van der Waals surface area contributed by atoms with Crippen molar-refractivity contribution in [2.45, 2.75) is 25.8 Å². The highest BCUT2D eigenvalue weighted by Crippen LogP contribution is 2.28. The van der Waals surface area contributed by atoms with Gasteiger partial charge in [-0.05, 0) is 37.5 Å². The van der Waals surface area contributed by atoms with Crippen molar-refractivity contribution < 1.29 is 14.3 Å². The lowest BCUT2D eigenvalue weighted by atomic mass is 10.1. The van der Waals surface area contributed by atoms with Crippen molar-refractivity contribution in [2.24, 2.45) is 5.73 Å². The summed E-state index contributed by atoms with van der Waals surface area (Å²) < 4.78 is 10.6. The first-order valence-electron chi connectivity index (χ1n) is 6.47. The Balaban J connectivity index is 2.06. The number of carbonyl (C=O) groups is 1. The summed E-state index contributed by atoms with van der Waals surface area (Å²) in [7, 11) is 1.56. The number of nitrogens with zero attached hydrogens (tertiary/aromatic N) is 1. The second-order valence-corrected chi connectivity index (χ2v) is 4.87. The lowest BCUT2D eigenvalue weighted by Crippen LogP contribution is -2.46. The molecule has 1 aliphatic heterocycles. The first-order chi connectivity index (χ1) is 9.10. The van der Waals surface area contributed by atoms with Crippen LogP contribution in [0.15, 0.2) is 18.2 Å². The van der Waals surface area contributed by atoms with E-state index in [4.69, 9.17) is 15.2 Å². The van der Waals surface area contributed by atoms with Crippen LogP contribution in [0.1, 0.15) is 18.4 Å². The number of hydrogen-bond donors (Lipinski definition) is 1. The molecule has 104 valence electrons. The number of aryl methyl sites for hydroxylation is 1. The van der Waals surface area contributed by atoms with Gasteiger partial charge in [0, 0.05) is 19.1 Å². The van der Waals surface area contributed by atoms with Gasteiger partial charge in [0.05, 0.1) is 7.11 Å². The van der Waals surface area contributed by atoms with E-state index in [1.807, 2.05) is 19.1 Å². The van der Waals surface area contributed by atoms with Crippen molar-refractivity contribution in [3.05, 3.63) is 23.8 Å². The number of hydrogen-bond acceptors (Lipinski definition) is 4. The Kier molecular flexibility index (Phi) is 4.27. The molecule has 1 aromatic rings. The first kappa shape index (κ1) is 13.7. The Morgan fingerprint density at radius 1 is 1.42 bits per heavy atom. The Morgan fingerprint density at radius 2 is 2.21 bits per heavy atom. The maximum absolute atomic E-state index is 12.1. The third-order valence-corrected chi connectivity index (χ3v) is 3.23. The van der Waals surface area contributed by atoms with Gasteiger partial charge in [0.1, 0.15) is 0 Å². The standard InChI is InChI=1S/C14H20N2O3/c1-10-5-6-12(13(8-10)18-2)19-14(17)16-7-3-4-11(15)9-16/h5-6,8,11H,3-4,7,9,15H2,1-2H3. The Hall–Kier alpha value is -1.75. The smallest absolute Gasteiger partial charge is 0.415 e. The van der Waals surface area contributed by atoms with Crippen molar-refractivity contribution in [3.8, 4) is 11.5 Å². The molecule has 0 bridgehead atoms. The molecular weight excluding hydrogens is 244 g/mol. The minimum Gasteiger partial charge on any atom is -0.493 e. The molecule has 1 saturated heterocycles. The Bertz CT molecular complexity index is 462. The zero-order valence-electron chi connectivity index (χ0n) is 11.4. The molecule has 2 N–H and O–H groups in total. The van der Waals surface area contributed by atoms with E-state index in [1.165, 1.54) is 0 Å². The van der Waals surface area contributed by atoms with E-state index in [2.05, 4.69) is 0 Å². The van der Waals surface area contributed by atoms with Gasteiger partial charge in [0.2, 0.25) is 0 Å². The second kappa shape index (κ2) is 5.93. The Morgan fingerprint density at radius 3 is 2.89 bits per heavy atom. The van der Waals surface area contributed by atoms with Crippen LogP contribution in [0.2, 0.25) is 0 Å². The molecule has 5 nitrogen and oxygen atoms in total. The molecule has 1 fully saturated rings. The predicted molar refractivity (Wildman–Crippen MR) is 72.5 cm³/mol. The number of rotatable bonds is 2. The van der Waals surface area contributed by atoms with Crippen LogP contribution in [0.5, 0.6) is 11.5 Å². The van der Waals surface area contributed by atoms with Crippen LogP contribution < -0.4 is 15.2 Å². The number of carbonyl (C=O) groups excluding carboxylic acids is 1. The molecule has 0 aromatic heterocycles. The summed E-state index contributed by atoms with van der Waals surface area (Å²) in [6.45, 7) is 3.20. The molecule has 0 spiro atoms. The summed E-state index contributed by atoms with van der Waals surface area (Å²) in [5, 5.41) is 0. The minimum absolute atomic E-state index is 0.0428. The van der Waals surface area contributed by atoms with Crippen LogP contribution in [0, 0.1) is 6.92 Å². The fraction of sp³-hybridized carbons (Fsp3) is 0.500. The SMILES string of the molecule is COc1cc(C)ccc1OC(=O)N1CCCC(N)C1. The normalized spacial score (nSPS) is 19.1. The van der Waals surface area contributed by atoms with Crippen LogP contribution in [0.25, 0.3) is 0 Å². The molecule has 2 rings (SSSR count). The molecule has 1 aromatic carbocycles. The quantitative estimate of drug-likeness (QED) is 0.886. The third-order valence-electron chi connectivity index (χ3n) is 3.23. The fourth-order valence-electron chi connectivity index (χ4n) is 2.19. The van der Waals surface area contributed by atoms with Gasteiger partial charge in [-0.25, -0.2) is 4.79 Å². The van der Waals surface area contributed by atoms with E-state index < -0.39 is 0 Å². The van der Waals surface area contributed by atoms with Crippen LogP contribution in [-0.4, -0.2) is 37.2 Å². The van der Waals surface area contributed by atoms with Crippen LogP contribution in [-0.2, 0) is 0 Å². The highest BCUT2D eigenvalue weighted by atomic mass is 16.6. The average Bonchev–Trinajstić information content (AvgIpc) is 2.40. The topological polar surface area (TPSA) is 64.8 Å². The van der Waals surface area contributed by atoms with Crippen molar-refractivity contribution in [3.63, 3.8) is 0 Å². The van der Waals surface area contributed by atoms with Crippen LogP contribution >= 0.6 is 0 Å². The average molecular weight is 264 g/mol. The van der Waals surface area contributed by atoms with Crippen molar-refractivity contribution in [1.29, 1.82) is 0 Å². The van der Waals surface area contributed by atoms with Gasteiger partial charge in [-0.1, -0.05) is 6.07 Å². The summed E-state index contributed by atoms with van der Waals surface area (Å²) in [5.41, 5.74) is 6.91. The zero-order chi connectivity index (χ0) is 13.8. The number of likely N-dealkylation sites (tertiary alicyclic amines) is 1. The summed E-state index contributed by atoms with van der Waals surface area (Å²) in [6.07, 6.45) is 1.51. The molecule has 0 radical (unpaired) electrons. The van der Waals surface area contributed by atoms with Crippen molar-refractivity contribution in [2.75, 3.05) is 20.2 Å². The van der Waals surface area contributed by atoms with Gasteiger partial charge >= 0.3 is 6.09 Å². The number of piperidine rings is 1. The second-order valence-electron chi connectivity index (χ2n) is 4.87. The lowest BCUT2D eigenvalue weighted by molar-refractivity contribution is 0.136. The van der Waals surface area contributed by atoms with Crippen LogP contribution in [0.3, 0.4) is 0 Å². The molecule has 0 saturated carbocycles. The number of benzene rings is 1. The van der Waals surface area contributed by atoms with Crippen molar-refractivity contribution in [1.82, 2.24) is 4.90 Å². The largest absolute Gasteiger partial charge is 0.493 e. The first-order valence-corrected chi connectivity index (χ1v) is 6.47. The summed E-state index contributed by atoms with van der Waals surface area (Å²) in [5.74, 6) is 1.01. The number of methoxy groups -OCH3 is 1. The highest BCUT2D eigenvalue weighted by Gasteiger charge is 2.23. The molecule has 5 heteroatoms. The molecule has 19 heavy (non-hydrogen) atoms. The monoisotopic (exact) mass is 264 g/mol. The lowest BCUT2D eigenvalue weighted by Gasteiger charge is -2.29. The van der Waals surface area contributed by atoms with Gasteiger partial charge in [-0.2, -0.15) is 0 Å². The summed E-state index contributed by atoms with van der Waals surface area (Å²) in [6, 6.07) is 5.51. The Labute approximate surface area is 113 Å². The van der Waals surface area contributed by atoms with E-state index in [9.17, 15) is 4.79 Å². The minimum atomic E-state index is -0.364. The van der Waals surface area contributed by atoms with Crippen LogP contribution in [0.4, 0.5) is 4.79 Å². The van der Waals surface area contributed by atoms with E-state index in [0.717, 1.165) is 18.4 Å². The summed E-state index contributed by atoms with van der Waals surface area (Å²) >= 11 is 0. The summed E-state index contributed by atoms with van der Waals surface area (Å²) in [4.78, 5) is 13.7. The maximum Gasteiger partial charge on any atom is 0.415 e. The molecule has 1 atom stereocenters. The van der Waals surface area contributed by atoms with E-state index >= 15 is 0 Å². The molecule has 1 amide bonds. The number of amides is 1. The highest BCUT2D eigenvalue weighted by molar-refractivity contribution is 5.72. The van der Waals surface area contributed by atoms with Gasteiger partial charge in [-0.3, -0.25) is 0 Å². The van der Waals surface area contributed by atoms with Gasteiger partial charge in [0.25, 0.3) is 0 Å². The molecular formula is C14H20N2O3. The van der Waals surface area contributed by atoms with Gasteiger partial charge in [-0.15, -0.1) is 0 Å². The molecule has 1 aliphatic rings.